The summed E-state index contributed by atoms with van der Waals surface area (Å²) in [4.78, 5) is 25.0. The molecule has 0 unspecified atom stereocenters. The number of hydrogen-bond donors (Lipinski definition) is 3. The molecule has 2 aromatic rings. The van der Waals surface area contributed by atoms with Gasteiger partial charge in [0, 0.05) is 17.8 Å². The summed E-state index contributed by atoms with van der Waals surface area (Å²) in [5.41, 5.74) is -1.86. The molecule has 5 nitrogen and oxygen atoms in total. The average molecular weight is 298 g/mol. The Morgan fingerprint density at radius 2 is 1.90 bits per heavy atom. The fraction of sp³-hybridized carbons (Fsp3) is 0.0769. The van der Waals surface area contributed by atoms with Crippen molar-refractivity contribution in [1.29, 1.82) is 0 Å². The molecule has 1 aromatic carbocycles. The molecule has 0 radical (unpaired) electrons. The van der Waals surface area contributed by atoms with Crippen LogP contribution in [-0.4, -0.2) is 16.0 Å². The van der Waals surface area contributed by atoms with Gasteiger partial charge in [0.1, 0.15) is 0 Å². The molecule has 1 amide bonds. The number of amides is 1. The third-order valence-electron chi connectivity index (χ3n) is 2.54. The third kappa shape index (κ3) is 3.62. The van der Waals surface area contributed by atoms with E-state index in [1.54, 1.807) is 0 Å². The Bertz CT molecular complexity index is 738. The fourth-order valence-corrected chi connectivity index (χ4v) is 1.64. The number of carbonyl (C=O) groups is 1. The molecule has 0 aliphatic rings. The summed E-state index contributed by atoms with van der Waals surface area (Å²) < 4.78 is 37.6. The molecule has 0 aliphatic carbocycles. The molecule has 0 aliphatic heterocycles. The summed E-state index contributed by atoms with van der Waals surface area (Å²) in [6.45, 7) is 0. The predicted molar refractivity (Wildman–Crippen MR) is 68.1 cm³/mol. The number of carbonyl (C=O) groups excluding carboxylic acids is 1. The topological polar surface area (TPSA) is 82.2 Å². The van der Waals surface area contributed by atoms with Crippen LogP contribution in [0.4, 0.5) is 18.9 Å². The van der Waals surface area contributed by atoms with Gasteiger partial charge in [0.15, 0.2) is 5.88 Å². The standard InChI is InChI=1S/C13H9F3N2O3/c14-13(15,16)8-2-1-3-9(6-8)17-12(21)7-4-10(19)18-11(20)5-7/h1-6H,(H,17,21)(H2,18,19,20). The molecular formula is C13H9F3N2O3. The van der Waals surface area contributed by atoms with E-state index in [2.05, 4.69) is 5.32 Å². The summed E-state index contributed by atoms with van der Waals surface area (Å²) in [7, 11) is 0. The highest BCUT2D eigenvalue weighted by molar-refractivity contribution is 6.04. The fourth-order valence-electron chi connectivity index (χ4n) is 1.64. The van der Waals surface area contributed by atoms with E-state index in [4.69, 9.17) is 0 Å². The first-order valence-electron chi connectivity index (χ1n) is 5.67. The highest BCUT2D eigenvalue weighted by Crippen LogP contribution is 2.30. The van der Waals surface area contributed by atoms with Gasteiger partial charge >= 0.3 is 6.18 Å². The monoisotopic (exact) mass is 298 g/mol. The summed E-state index contributed by atoms with van der Waals surface area (Å²) >= 11 is 0. The molecular weight excluding hydrogens is 289 g/mol. The zero-order valence-corrected chi connectivity index (χ0v) is 10.4. The van der Waals surface area contributed by atoms with Gasteiger partial charge in [-0.2, -0.15) is 13.2 Å². The van der Waals surface area contributed by atoms with E-state index in [9.17, 15) is 27.9 Å². The number of hydrogen-bond acceptors (Lipinski definition) is 3. The Kier molecular flexibility index (Phi) is 3.70. The molecule has 1 heterocycles. The van der Waals surface area contributed by atoms with Crippen molar-refractivity contribution in [3.8, 4) is 5.88 Å². The number of H-pyrrole nitrogens is 1. The molecule has 110 valence electrons. The number of alkyl halides is 3. The van der Waals surface area contributed by atoms with Crippen LogP contribution in [0.2, 0.25) is 0 Å². The normalized spacial score (nSPS) is 11.2. The van der Waals surface area contributed by atoms with Crippen molar-refractivity contribution in [3.63, 3.8) is 0 Å². The van der Waals surface area contributed by atoms with Crippen molar-refractivity contribution in [1.82, 2.24) is 4.98 Å². The van der Waals surface area contributed by atoms with Crippen LogP contribution >= 0.6 is 0 Å². The van der Waals surface area contributed by atoms with Crippen molar-refractivity contribution in [2.24, 2.45) is 0 Å². The molecule has 1 aromatic heterocycles. The van der Waals surface area contributed by atoms with Crippen LogP contribution in [-0.2, 0) is 6.18 Å². The number of halogens is 3. The summed E-state index contributed by atoms with van der Waals surface area (Å²) in [6.07, 6.45) is -4.52. The molecule has 21 heavy (non-hydrogen) atoms. The molecule has 0 atom stereocenters. The Labute approximate surface area is 116 Å². The van der Waals surface area contributed by atoms with E-state index in [-0.39, 0.29) is 11.3 Å². The lowest BCUT2D eigenvalue weighted by atomic mass is 10.2. The molecule has 0 saturated heterocycles. The lowest BCUT2D eigenvalue weighted by molar-refractivity contribution is -0.137. The number of rotatable bonds is 2. The van der Waals surface area contributed by atoms with Gasteiger partial charge in [-0.1, -0.05) is 6.07 Å². The van der Waals surface area contributed by atoms with E-state index in [0.717, 1.165) is 30.3 Å². The van der Waals surface area contributed by atoms with Gasteiger partial charge in [-0.05, 0) is 18.2 Å². The first kappa shape index (κ1) is 14.6. The Morgan fingerprint density at radius 1 is 1.19 bits per heavy atom. The van der Waals surface area contributed by atoms with Gasteiger partial charge in [0.2, 0.25) is 0 Å². The Balaban J connectivity index is 2.26. The summed E-state index contributed by atoms with van der Waals surface area (Å²) in [6, 6.07) is 5.97. The summed E-state index contributed by atoms with van der Waals surface area (Å²) in [5, 5.41) is 11.4. The molecule has 0 bridgehead atoms. The van der Waals surface area contributed by atoms with Crippen LogP contribution in [0.5, 0.6) is 5.88 Å². The smallest absolute Gasteiger partial charge is 0.416 e. The number of aromatic hydroxyl groups is 1. The minimum absolute atomic E-state index is 0.0744. The number of pyridine rings is 1. The van der Waals surface area contributed by atoms with E-state index in [0.29, 0.717) is 0 Å². The minimum atomic E-state index is -4.52. The van der Waals surface area contributed by atoms with Crippen molar-refractivity contribution in [3.05, 3.63) is 57.9 Å². The molecule has 0 fully saturated rings. The van der Waals surface area contributed by atoms with Gasteiger partial charge in [0.25, 0.3) is 11.5 Å². The van der Waals surface area contributed by atoms with E-state index in [1.807, 2.05) is 4.98 Å². The molecule has 8 heteroatoms. The predicted octanol–water partition coefficient (Wildman–Crippen LogP) is 2.35. The Hall–Kier alpha value is -2.77. The largest absolute Gasteiger partial charge is 0.494 e. The van der Waals surface area contributed by atoms with Crippen LogP contribution in [0.15, 0.2) is 41.2 Å². The van der Waals surface area contributed by atoms with Crippen molar-refractivity contribution < 1.29 is 23.1 Å². The maximum absolute atomic E-state index is 12.5. The molecule has 3 N–H and O–H groups in total. The molecule has 0 spiro atoms. The van der Waals surface area contributed by atoms with Gasteiger partial charge in [-0.25, -0.2) is 0 Å². The lowest BCUT2D eigenvalue weighted by Crippen LogP contribution is -2.16. The second-order valence-corrected chi connectivity index (χ2v) is 4.15. The minimum Gasteiger partial charge on any atom is -0.494 e. The third-order valence-corrected chi connectivity index (χ3v) is 2.54. The van der Waals surface area contributed by atoms with E-state index in [1.165, 1.54) is 6.07 Å². The van der Waals surface area contributed by atoms with Crippen LogP contribution in [0.1, 0.15) is 15.9 Å². The number of aromatic nitrogens is 1. The molecule has 0 saturated carbocycles. The SMILES string of the molecule is O=C(Nc1cccc(C(F)(F)F)c1)c1cc(O)[nH]c(=O)c1. The van der Waals surface area contributed by atoms with Crippen LogP contribution in [0.25, 0.3) is 0 Å². The summed E-state index contributed by atoms with van der Waals surface area (Å²) in [5.74, 6) is -1.33. The number of benzene rings is 1. The van der Waals surface area contributed by atoms with Crippen molar-refractivity contribution in [2.45, 2.75) is 6.18 Å². The zero-order valence-electron chi connectivity index (χ0n) is 10.4. The van der Waals surface area contributed by atoms with Crippen LogP contribution < -0.4 is 10.9 Å². The lowest BCUT2D eigenvalue weighted by Gasteiger charge is -2.09. The number of nitrogens with one attached hydrogen (secondary N) is 2. The quantitative estimate of drug-likeness (QED) is 0.796. The maximum Gasteiger partial charge on any atom is 0.416 e. The van der Waals surface area contributed by atoms with Gasteiger partial charge in [-0.15, -0.1) is 0 Å². The molecule has 2 rings (SSSR count). The van der Waals surface area contributed by atoms with E-state index < -0.39 is 29.1 Å². The second kappa shape index (κ2) is 5.31. The van der Waals surface area contributed by atoms with Crippen molar-refractivity contribution in [2.75, 3.05) is 5.32 Å². The second-order valence-electron chi connectivity index (χ2n) is 4.15. The number of anilines is 1. The highest BCUT2D eigenvalue weighted by atomic mass is 19.4. The first-order valence-corrected chi connectivity index (χ1v) is 5.67. The Morgan fingerprint density at radius 3 is 2.52 bits per heavy atom. The van der Waals surface area contributed by atoms with Crippen LogP contribution in [0.3, 0.4) is 0 Å². The van der Waals surface area contributed by atoms with Gasteiger partial charge in [0.05, 0.1) is 11.1 Å². The van der Waals surface area contributed by atoms with Crippen LogP contribution in [0, 0.1) is 0 Å². The van der Waals surface area contributed by atoms with Gasteiger partial charge in [-0.3, -0.25) is 14.6 Å². The van der Waals surface area contributed by atoms with Crippen molar-refractivity contribution >= 4 is 11.6 Å². The maximum atomic E-state index is 12.5. The average Bonchev–Trinajstić information content (AvgIpc) is 2.37. The highest BCUT2D eigenvalue weighted by Gasteiger charge is 2.30. The first-order chi connectivity index (χ1) is 9.75. The zero-order chi connectivity index (χ0) is 15.6. The van der Waals surface area contributed by atoms with E-state index >= 15 is 0 Å². The van der Waals surface area contributed by atoms with Gasteiger partial charge < -0.3 is 10.4 Å². The number of aromatic amines is 1.